The molecule has 12 heteroatoms. The van der Waals surface area contributed by atoms with Gasteiger partial charge in [-0.15, -0.1) is 0 Å². The first kappa shape index (κ1) is 24.6. The molecule has 0 amide bonds. The van der Waals surface area contributed by atoms with E-state index in [-0.39, 0.29) is 11.5 Å². The lowest BCUT2D eigenvalue weighted by Gasteiger charge is -2.39. The highest BCUT2D eigenvalue weighted by Crippen LogP contribution is 2.44. The number of methoxy groups -OCH3 is 1. The summed E-state index contributed by atoms with van der Waals surface area (Å²) in [6.45, 7) is 4.03. The highest BCUT2D eigenvalue weighted by atomic mass is 32.2. The first-order valence-corrected chi connectivity index (χ1v) is 11.2. The Hall–Kier alpha value is -1.63. The first-order valence-electron chi connectivity index (χ1n) is 9.36. The number of rotatable bonds is 5. The summed E-state index contributed by atoms with van der Waals surface area (Å²) in [5.41, 5.74) is 1.31. The van der Waals surface area contributed by atoms with Crippen LogP contribution < -0.4 is 0 Å². The van der Waals surface area contributed by atoms with Gasteiger partial charge in [-0.3, -0.25) is 4.90 Å². The number of alkyl halides is 3. The minimum absolute atomic E-state index is 0.0181. The molecule has 30 heavy (non-hydrogen) atoms. The molecule has 1 spiro atoms. The van der Waals surface area contributed by atoms with Gasteiger partial charge in [-0.05, 0) is 43.8 Å². The fourth-order valence-electron chi connectivity index (χ4n) is 4.04. The molecule has 2 saturated heterocycles. The summed E-state index contributed by atoms with van der Waals surface area (Å²) in [5, 5.41) is 7.12. The molecule has 1 N–H and O–H groups in total. The normalized spacial score (nSPS) is 22.6. The van der Waals surface area contributed by atoms with Crippen LogP contribution in [0.5, 0.6) is 0 Å². The number of piperidine rings is 1. The molecule has 2 aliphatic heterocycles. The van der Waals surface area contributed by atoms with E-state index in [1.54, 1.807) is 23.9 Å². The van der Waals surface area contributed by atoms with Gasteiger partial charge in [0.15, 0.2) is 0 Å². The molecule has 1 aromatic rings. The molecule has 2 fully saturated rings. The number of nitrogens with zero attached hydrogens (tertiary/aromatic N) is 2. The van der Waals surface area contributed by atoms with Gasteiger partial charge in [0, 0.05) is 31.8 Å². The number of hydrogen-bond acceptors (Lipinski definition) is 6. The molecule has 172 valence electrons. The third kappa shape index (κ3) is 6.69. The van der Waals surface area contributed by atoms with Crippen molar-refractivity contribution in [2.75, 3.05) is 39.6 Å². The van der Waals surface area contributed by atoms with Crippen LogP contribution in [0.2, 0.25) is 0 Å². The molecule has 0 saturated carbocycles. The van der Waals surface area contributed by atoms with Gasteiger partial charge in [-0.1, -0.05) is 0 Å². The average Bonchev–Trinajstić information content (AvgIpc) is 3.25. The van der Waals surface area contributed by atoms with Crippen LogP contribution in [0, 0.1) is 5.41 Å². The van der Waals surface area contributed by atoms with Gasteiger partial charge in [0.1, 0.15) is 0 Å². The second-order valence-electron chi connectivity index (χ2n) is 7.83. The lowest BCUT2D eigenvalue weighted by molar-refractivity contribution is -0.192. The first-order chi connectivity index (χ1) is 13.9. The number of aliphatic carboxylic acids is 1. The SMILES string of the molecule is COCC1CC2(CCN(Cc3ccoc3)CC2)CN1S(C)(=O)=O.O=C(O)C(F)(F)F. The summed E-state index contributed by atoms with van der Waals surface area (Å²) in [6, 6.07) is 1.98. The minimum atomic E-state index is -5.08. The monoisotopic (exact) mass is 456 g/mol. The van der Waals surface area contributed by atoms with Gasteiger partial charge >= 0.3 is 12.1 Å². The number of likely N-dealkylation sites (tertiary alicyclic amines) is 1. The largest absolute Gasteiger partial charge is 0.490 e. The number of sulfonamides is 1. The number of halogens is 3. The third-order valence-electron chi connectivity index (χ3n) is 5.50. The summed E-state index contributed by atoms with van der Waals surface area (Å²) >= 11 is 0. The Morgan fingerprint density at radius 3 is 2.40 bits per heavy atom. The topological polar surface area (TPSA) is 100 Å². The number of carbonyl (C=O) groups is 1. The fourth-order valence-corrected chi connectivity index (χ4v) is 5.22. The third-order valence-corrected chi connectivity index (χ3v) is 6.78. The van der Waals surface area contributed by atoms with Crippen molar-refractivity contribution >= 4 is 16.0 Å². The zero-order valence-corrected chi connectivity index (χ0v) is 17.7. The van der Waals surface area contributed by atoms with Crippen molar-refractivity contribution in [2.24, 2.45) is 5.41 Å². The van der Waals surface area contributed by atoms with E-state index < -0.39 is 22.2 Å². The molecule has 1 aromatic heterocycles. The Morgan fingerprint density at radius 2 is 1.97 bits per heavy atom. The van der Waals surface area contributed by atoms with Gasteiger partial charge < -0.3 is 14.3 Å². The smallest absolute Gasteiger partial charge is 0.475 e. The molecular weight excluding hydrogens is 429 g/mol. The standard InChI is InChI=1S/C16H26N2O4S.C2HF3O2/c1-21-12-15-9-16(13-18(15)23(2,19)20)4-6-17(7-5-16)10-14-3-8-22-11-14;3-2(4,5)1(6)7/h3,8,11,15H,4-7,9-10,12-13H2,1-2H3;(H,6,7). The number of carboxylic acids is 1. The summed E-state index contributed by atoms with van der Waals surface area (Å²) in [5.74, 6) is -2.76. The zero-order valence-electron chi connectivity index (χ0n) is 16.9. The van der Waals surface area contributed by atoms with Crippen LogP contribution in [-0.4, -0.2) is 80.5 Å². The number of furan rings is 1. The molecule has 1 atom stereocenters. The summed E-state index contributed by atoms with van der Waals surface area (Å²) in [4.78, 5) is 11.3. The summed E-state index contributed by atoms with van der Waals surface area (Å²) in [7, 11) is -1.54. The second-order valence-corrected chi connectivity index (χ2v) is 9.77. The van der Waals surface area contributed by atoms with Crippen molar-refractivity contribution in [1.82, 2.24) is 9.21 Å². The number of carboxylic acid groups (broad SMARTS) is 1. The molecule has 3 heterocycles. The second kappa shape index (κ2) is 9.67. The molecule has 0 aliphatic carbocycles. The van der Waals surface area contributed by atoms with Crippen LogP contribution in [0.15, 0.2) is 23.0 Å². The quantitative estimate of drug-likeness (QED) is 0.725. The maximum absolute atomic E-state index is 12.1. The van der Waals surface area contributed by atoms with Crippen molar-refractivity contribution < 1.29 is 40.6 Å². The lowest BCUT2D eigenvalue weighted by Crippen LogP contribution is -2.42. The van der Waals surface area contributed by atoms with Crippen LogP contribution in [0.3, 0.4) is 0 Å². The predicted molar refractivity (Wildman–Crippen MR) is 101 cm³/mol. The Morgan fingerprint density at radius 1 is 1.37 bits per heavy atom. The molecule has 0 aromatic carbocycles. The van der Waals surface area contributed by atoms with Crippen molar-refractivity contribution in [3.63, 3.8) is 0 Å². The van der Waals surface area contributed by atoms with Gasteiger partial charge in [0.05, 0.1) is 25.4 Å². The van der Waals surface area contributed by atoms with E-state index in [0.29, 0.717) is 13.2 Å². The van der Waals surface area contributed by atoms with Crippen LogP contribution in [0.4, 0.5) is 13.2 Å². The van der Waals surface area contributed by atoms with Gasteiger partial charge in [0.2, 0.25) is 10.0 Å². The van der Waals surface area contributed by atoms with E-state index in [2.05, 4.69) is 4.90 Å². The van der Waals surface area contributed by atoms with Crippen LogP contribution in [0.25, 0.3) is 0 Å². The Labute approximate surface area is 173 Å². The maximum atomic E-state index is 12.1. The van der Waals surface area contributed by atoms with Crippen LogP contribution in [0.1, 0.15) is 24.8 Å². The number of hydrogen-bond donors (Lipinski definition) is 1. The van der Waals surface area contributed by atoms with Crippen LogP contribution >= 0.6 is 0 Å². The molecule has 8 nitrogen and oxygen atoms in total. The van der Waals surface area contributed by atoms with E-state index in [4.69, 9.17) is 19.1 Å². The van der Waals surface area contributed by atoms with E-state index in [1.165, 1.54) is 11.8 Å². The minimum Gasteiger partial charge on any atom is -0.475 e. The molecule has 3 rings (SSSR count). The van der Waals surface area contributed by atoms with Gasteiger partial charge in [-0.2, -0.15) is 17.5 Å². The Bertz CT molecular complexity index is 789. The van der Waals surface area contributed by atoms with E-state index in [9.17, 15) is 21.6 Å². The maximum Gasteiger partial charge on any atom is 0.490 e. The zero-order chi connectivity index (χ0) is 22.6. The molecule has 2 aliphatic rings. The highest BCUT2D eigenvalue weighted by Gasteiger charge is 2.48. The van der Waals surface area contributed by atoms with Crippen molar-refractivity contribution in [2.45, 2.75) is 38.0 Å². The molecule has 1 unspecified atom stereocenters. The molecular formula is C18H27F3N2O6S. The summed E-state index contributed by atoms with van der Waals surface area (Å²) in [6.07, 6.45) is 2.71. The Kier molecular flexibility index (Phi) is 7.94. The highest BCUT2D eigenvalue weighted by molar-refractivity contribution is 7.88. The van der Waals surface area contributed by atoms with E-state index in [0.717, 1.165) is 38.9 Å². The Balaban J connectivity index is 0.000000396. The van der Waals surface area contributed by atoms with E-state index in [1.807, 2.05) is 6.07 Å². The van der Waals surface area contributed by atoms with Gasteiger partial charge in [-0.25, -0.2) is 13.2 Å². The number of ether oxygens (including phenoxy) is 1. The van der Waals surface area contributed by atoms with Crippen LogP contribution in [-0.2, 0) is 26.1 Å². The van der Waals surface area contributed by atoms with Crippen molar-refractivity contribution in [1.29, 1.82) is 0 Å². The summed E-state index contributed by atoms with van der Waals surface area (Å²) < 4.78 is 67.9. The molecule has 0 bridgehead atoms. The van der Waals surface area contributed by atoms with Crippen molar-refractivity contribution in [3.8, 4) is 0 Å². The predicted octanol–water partition coefficient (Wildman–Crippen LogP) is 2.18. The van der Waals surface area contributed by atoms with Crippen molar-refractivity contribution in [3.05, 3.63) is 24.2 Å². The average molecular weight is 456 g/mol. The molecule has 0 radical (unpaired) electrons. The van der Waals surface area contributed by atoms with Gasteiger partial charge in [0.25, 0.3) is 0 Å². The van der Waals surface area contributed by atoms with E-state index >= 15 is 0 Å². The fraction of sp³-hybridized carbons (Fsp3) is 0.722. The lowest BCUT2D eigenvalue weighted by atomic mass is 9.76.